The summed E-state index contributed by atoms with van der Waals surface area (Å²) in [5, 5.41) is 20.0. The van der Waals surface area contributed by atoms with Gasteiger partial charge >= 0.3 is 5.97 Å². The summed E-state index contributed by atoms with van der Waals surface area (Å²) >= 11 is 0. The molecule has 13 heteroatoms. The van der Waals surface area contributed by atoms with Gasteiger partial charge in [0, 0.05) is 6.54 Å². The predicted molar refractivity (Wildman–Crippen MR) is 118 cm³/mol. The van der Waals surface area contributed by atoms with Crippen LogP contribution in [0, 0.1) is 0 Å². The molecule has 3 amide bonds. The lowest BCUT2D eigenvalue weighted by atomic mass is 10.1. The lowest BCUT2D eigenvalue weighted by Gasteiger charge is -2.21. The van der Waals surface area contributed by atoms with Crippen LogP contribution in [0.3, 0.4) is 0 Å². The Hall–Kier alpha value is -2.93. The van der Waals surface area contributed by atoms with Gasteiger partial charge in [-0.1, -0.05) is 0 Å². The molecule has 0 spiro atoms. The second-order valence-electron chi connectivity index (χ2n) is 7.62. The average Bonchev–Trinajstić information content (AvgIpc) is 3.28. The van der Waals surface area contributed by atoms with Crippen LogP contribution in [0.15, 0.2) is 4.99 Å². The summed E-state index contributed by atoms with van der Waals surface area (Å²) < 4.78 is 0. The molecule has 0 aliphatic carbocycles. The number of carbonyl (C=O) groups excluding carboxylic acids is 3. The molecule has 3 atom stereocenters. The van der Waals surface area contributed by atoms with Crippen molar-refractivity contribution in [2.24, 2.45) is 22.2 Å². The minimum Gasteiger partial charge on any atom is -0.480 e. The number of rotatable bonds is 15. The van der Waals surface area contributed by atoms with Crippen molar-refractivity contribution < 1.29 is 24.3 Å². The molecule has 0 aromatic carbocycles. The van der Waals surface area contributed by atoms with E-state index >= 15 is 0 Å². The minimum atomic E-state index is -1.17. The highest BCUT2D eigenvalue weighted by Gasteiger charge is 2.27. The van der Waals surface area contributed by atoms with Crippen molar-refractivity contribution in [3.63, 3.8) is 0 Å². The maximum Gasteiger partial charge on any atom is 0.326 e. The van der Waals surface area contributed by atoms with E-state index in [2.05, 4.69) is 26.3 Å². The van der Waals surface area contributed by atoms with E-state index in [0.29, 0.717) is 32.2 Å². The summed E-state index contributed by atoms with van der Waals surface area (Å²) in [5.41, 5.74) is 16.0. The highest BCUT2D eigenvalue weighted by molar-refractivity contribution is 5.92. The van der Waals surface area contributed by atoms with Crippen LogP contribution in [0.25, 0.3) is 0 Å². The van der Waals surface area contributed by atoms with Gasteiger partial charge in [0.15, 0.2) is 5.96 Å². The second-order valence-corrected chi connectivity index (χ2v) is 7.62. The number of unbranched alkanes of at least 4 members (excludes halogenated alkanes) is 1. The SMILES string of the molecule is NCCCCC(NC(=O)C(CCCN=C(N)N)NC(=O)CNC(=O)C1CCCN1)C(=O)O. The molecule has 13 nitrogen and oxygen atoms in total. The highest BCUT2D eigenvalue weighted by atomic mass is 16.4. The zero-order chi connectivity index (χ0) is 23.9. The van der Waals surface area contributed by atoms with Crippen LogP contribution in [0.5, 0.6) is 0 Å². The summed E-state index contributed by atoms with van der Waals surface area (Å²) in [5.74, 6) is -2.74. The summed E-state index contributed by atoms with van der Waals surface area (Å²) in [7, 11) is 0. The molecular formula is C19H36N8O5. The first-order valence-electron chi connectivity index (χ1n) is 10.8. The van der Waals surface area contributed by atoms with Crippen molar-refractivity contribution in [1.29, 1.82) is 0 Å². The second kappa shape index (κ2) is 15.0. The van der Waals surface area contributed by atoms with E-state index in [4.69, 9.17) is 17.2 Å². The highest BCUT2D eigenvalue weighted by Crippen LogP contribution is 2.05. The molecule has 0 aromatic rings. The van der Waals surface area contributed by atoms with Gasteiger partial charge < -0.3 is 43.6 Å². The summed E-state index contributed by atoms with van der Waals surface area (Å²) in [6, 6.07) is -2.43. The van der Waals surface area contributed by atoms with E-state index < -0.39 is 29.9 Å². The topological polar surface area (TPSA) is 227 Å². The lowest BCUT2D eigenvalue weighted by molar-refractivity contribution is -0.142. The molecule has 0 radical (unpaired) electrons. The molecule has 1 aliphatic heterocycles. The number of aliphatic carboxylic acids is 1. The molecule has 3 unspecified atom stereocenters. The Kier molecular flexibility index (Phi) is 12.7. The molecule has 0 saturated carbocycles. The molecule has 0 bridgehead atoms. The molecular weight excluding hydrogens is 420 g/mol. The quantitative estimate of drug-likeness (QED) is 0.0716. The maximum atomic E-state index is 12.7. The number of amides is 3. The van der Waals surface area contributed by atoms with E-state index in [9.17, 15) is 24.3 Å². The van der Waals surface area contributed by atoms with E-state index in [1.54, 1.807) is 0 Å². The molecule has 182 valence electrons. The maximum absolute atomic E-state index is 12.7. The van der Waals surface area contributed by atoms with Gasteiger partial charge in [-0.05, 0) is 58.0 Å². The summed E-state index contributed by atoms with van der Waals surface area (Å²) in [4.78, 5) is 52.4. The fourth-order valence-corrected chi connectivity index (χ4v) is 3.24. The van der Waals surface area contributed by atoms with Crippen molar-refractivity contribution in [2.75, 3.05) is 26.2 Å². The zero-order valence-corrected chi connectivity index (χ0v) is 18.3. The van der Waals surface area contributed by atoms with Gasteiger partial charge in [-0.25, -0.2) is 4.79 Å². The minimum absolute atomic E-state index is 0.0934. The molecule has 1 aliphatic rings. The van der Waals surface area contributed by atoms with Gasteiger partial charge in [0.05, 0.1) is 12.6 Å². The third kappa shape index (κ3) is 10.9. The van der Waals surface area contributed by atoms with Crippen molar-refractivity contribution in [2.45, 2.75) is 63.1 Å². The Balaban J connectivity index is 2.66. The number of carboxylic acids is 1. The number of carboxylic acid groups (broad SMARTS) is 1. The van der Waals surface area contributed by atoms with Crippen LogP contribution in [0.1, 0.15) is 44.9 Å². The molecule has 1 rings (SSSR count). The Morgan fingerprint density at radius 2 is 1.78 bits per heavy atom. The Morgan fingerprint density at radius 3 is 2.38 bits per heavy atom. The Labute approximate surface area is 187 Å². The van der Waals surface area contributed by atoms with E-state index in [1.165, 1.54) is 0 Å². The van der Waals surface area contributed by atoms with Crippen molar-refractivity contribution in [1.82, 2.24) is 21.3 Å². The van der Waals surface area contributed by atoms with Gasteiger partial charge in [-0.2, -0.15) is 0 Å². The number of nitrogens with zero attached hydrogens (tertiary/aromatic N) is 1. The number of hydrogen-bond donors (Lipinski definition) is 8. The third-order valence-corrected chi connectivity index (χ3v) is 4.96. The van der Waals surface area contributed by atoms with Crippen molar-refractivity contribution in [3.8, 4) is 0 Å². The van der Waals surface area contributed by atoms with Crippen LogP contribution in [-0.2, 0) is 19.2 Å². The van der Waals surface area contributed by atoms with Crippen LogP contribution in [0.4, 0.5) is 0 Å². The number of nitrogens with two attached hydrogens (primary N) is 3. The number of guanidine groups is 1. The molecule has 1 fully saturated rings. The summed E-state index contributed by atoms with van der Waals surface area (Å²) in [6.45, 7) is 1.11. The predicted octanol–water partition coefficient (Wildman–Crippen LogP) is -2.91. The number of aliphatic imine (C=N–C) groups is 1. The van der Waals surface area contributed by atoms with Gasteiger partial charge in [-0.15, -0.1) is 0 Å². The molecule has 1 saturated heterocycles. The number of hydrogen-bond acceptors (Lipinski definition) is 7. The van der Waals surface area contributed by atoms with E-state index in [0.717, 1.165) is 13.0 Å². The lowest BCUT2D eigenvalue weighted by Crippen LogP contribution is -2.53. The van der Waals surface area contributed by atoms with Crippen molar-refractivity contribution in [3.05, 3.63) is 0 Å². The Morgan fingerprint density at radius 1 is 1.06 bits per heavy atom. The van der Waals surface area contributed by atoms with Crippen LogP contribution >= 0.6 is 0 Å². The van der Waals surface area contributed by atoms with E-state index in [1.807, 2.05) is 0 Å². The van der Waals surface area contributed by atoms with Crippen LogP contribution in [-0.4, -0.2) is 79.1 Å². The monoisotopic (exact) mass is 456 g/mol. The average molecular weight is 457 g/mol. The van der Waals surface area contributed by atoms with Gasteiger partial charge in [-0.3, -0.25) is 19.4 Å². The van der Waals surface area contributed by atoms with Crippen LogP contribution in [0.2, 0.25) is 0 Å². The molecule has 11 N–H and O–H groups in total. The largest absolute Gasteiger partial charge is 0.480 e. The summed E-state index contributed by atoms with van der Waals surface area (Å²) in [6.07, 6.45) is 3.53. The first-order valence-corrected chi connectivity index (χ1v) is 10.8. The number of carbonyl (C=O) groups is 4. The normalized spacial score (nSPS) is 17.1. The van der Waals surface area contributed by atoms with Gasteiger partial charge in [0.1, 0.15) is 12.1 Å². The Bertz CT molecular complexity index is 662. The fourth-order valence-electron chi connectivity index (χ4n) is 3.24. The third-order valence-electron chi connectivity index (χ3n) is 4.96. The molecule has 0 aromatic heterocycles. The van der Waals surface area contributed by atoms with Gasteiger partial charge in [0.2, 0.25) is 17.7 Å². The zero-order valence-electron chi connectivity index (χ0n) is 18.3. The van der Waals surface area contributed by atoms with Crippen molar-refractivity contribution >= 4 is 29.7 Å². The fraction of sp³-hybridized carbons (Fsp3) is 0.737. The first-order chi connectivity index (χ1) is 15.2. The van der Waals surface area contributed by atoms with Crippen LogP contribution < -0.4 is 38.5 Å². The van der Waals surface area contributed by atoms with E-state index in [-0.39, 0.29) is 43.8 Å². The number of nitrogens with one attached hydrogen (secondary N) is 4. The standard InChI is InChI=1S/C19H36N8O5/c20-8-2-1-5-14(18(31)32)27-17(30)13(7-4-10-24-19(21)22)26-15(28)11-25-16(29)12-6-3-9-23-12/h12-14,23H,1-11,20H2,(H,25,29)(H,26,28)(H,27,30)(H,31,32)(H4,21,22,24). The molecule has 32 heavy (non-hydrogen) atoms. The molecule has 1 heterocycles. The smallest absolute Gasteiger partial charge is 0.326 e. The first kappa shape index (κ1) is 27.1. The van der Waals surface area contributed by atoms with Gasteiger partial charge in [0.25, 0.3) is 0 Å².